The van der Waals surface area contributed by atoms with Crippen molar-refractivity contribution < 1.29 is 14.3 Å². The van der Waals surface area contributed by atoms with Gasteiger partial charge in [-0.1, -0.05) is 23.7 Å². The van der Waals surface area contributed by atoms with Gasteiger partial charge in [0.25, 0.3) is 0 Å². The Morgan fingerprint density at radius 2 is 2.00 bits per heavy atom. The van der Waals surface area contributed by atoms with Crippen molar-refractivity contribution in [1.29, 1.82) is 0 Å². The molecule has 1 aliphatic rings. The Morgan fingerprint density at radius 1 is 1.30 bits per heavy atom. The predicted octanol–water partition coefficient (Wildman–Crippen LogP) is 2.63. The maximum absolute atomic E-state index is 12.1. The number of carbonyl (C=O) groups is 2. The van der Waals surface area contributed by atoms with E-state index in [1.165, 1.54) is 0 Å². The van der Waals surface area contributed by atoms with E-state index in [9.17, 15) is 9.59 Å². The van der Waals surface area contributed by atoms with Crippen molar-refractivity contribution in [3.05, 3.63) is 29.3 Å². The lowest BCUT2D eigenvalue weighted by Crippen LogP contribution is -2.45. The van der Waals surface area contributed by atoms with E-state index in [1.54, 1.807) is 19.1 Å². The van der Waals surface area contributed by atoms with Crippen molar-refractivity contribution in [2.45, 2.75) is 38.6 Å². The van der Waals surface area contributed by atoms with Crippen LogP contribution < -0.4 is 10.1 Å². The van der Waals surface area contributed by atoms with Crippen LogP contribution >= 0.6 is 11.6 Å². The van der Waals surface area contributed by atoms with E-state index in [-0.39, 0.29) is 11.8 Å². The molecule has 126 valence electrons. The lowest BCUT2D eigenvalue weighted by atomic mass is 10.2. The van der Waals surface area contributed by atoms with E-state index in [1.807, 2.05) is 17.0 Å². The molecule has 1 fully saturated rings. The van der Waals surface area contributed by atoms with Crippen LogP contribution in [-0.2, 0) is 9.59 Å². The van der Waals surface area contributed by atoms with Gasteiger partial charge in [0.2, 0.25) is 11.8 Å². The SMILES string of the molecule is CC(NC(=O)CCCOc1ccccc1Cl)C(=O)N1CCCC1. The van der Waals surface area contributed by atoms with Gasteiger partial charge in [-0.25, -0.2) is 0 Å². The van der Waals surface area contributed by atoms with Crippen molar-refractivity contribution >= 4 is 23.4 Å². The third-order valence-electron chi connectivity index (χ3n) is 3.81. The predicted molar refractivity (Wildman–Crippen MR) is 89.6 cm³/mol. The smallest absolute Gasteiger partial charge is 0.244 e. The molecule has 0 radical (unpaired) electrons. The monoisotopic (exact) mass is 338 g/mol. The molecule has 5 nitrogen and oxygen atoms in total. The number of nitrogens with one attached hydrogen (secondary N) is 1. The molecule has 1 aliphatic heterocycles. The van der Waals surface area contributed by atoms with Crippen LogP contribution in [0.25, 0.3) is 0 Å². The van der Waals surface area contributed by atoms with Crippen LogP contribution in [0.1, 0.15) is 32.6 Å². The summed E-state index contributed by atoms with van der Waals surface area (Å²) in [6, 6.07) is 6.76. The number of para-hydroxylation sites is 1. The molecule has 1 N–H and O–H groups in total. The maximum Gasteiger partial charge on any atom is 0.244 e. The number of hydrogen-bond donors (Lipinski definition) is 1. The summed E-state index contributed by atoms with van der Waals surface area (Å²) in [5.74, 6) is 0.489. The molecule has 6 heteroatoms. The van der Waals surface area contributed by atoms with Crippen molar-refractivity contribution in [2.75, 3.05) is 19.7 Å². The fraction of sp³-hybridized carbons (Fsp3) is 0.529. The minimum absolute atomic E-state index is 0.00293. The first-order chi connectivity index (χ1) is 11.1. The summed E-state index contributed by atoms with van der Waals surface area (Å²) in [6.45, 7) is 3.74. The number of likely N-dealkylation sites (tertiary alicyclic amines) is 1. The highest BCUT2D eigenvalue weighted by atomic mass is 35.5. The van der Waals surface area contributed by atoms with E-state index in [0.717, 1.165) is 25.9 Å². The number of amides is 2. The summed E-state index contributed by atoms with van der Waals surface area (Å²) < 4.78 is 5.53. The van der Waals surface area contributed by atoms with Crippen LogP contribution in [0.15, 0.2) is 24.3 Å². The highest BCUT2D eigenvalue weighted by Gasteiger charge is 2.24. The molecule has 2 rings (SSSR count). The van der Waals surface area contributed by atoms with Crippen LogP contribution in [0.2, 0.25) is 5.02 Å². The van der Waals surface area contributed by atoms with Gasteiger partial charge in [0.05, 0.1) is 11.6 Å². The molecule has 0 saturated carbocycles. The minimum atomic E-state index is -0.468. The third-order valence-corrected chi connectivity index (χ3v) is 4.12. The third kappa shape index (κ3) is 5.43. The summed E-state index contributed by atoms with van der Waals surface area (Å²) in [6.07, 6.45) is 2.99. The minimum Gasteiger partial charge on any atom is -0.492 e. The molecule has 0 aromatic heterocycles. The van der Waals surface area contributed by atoms with Gasteiger partial charge in [0.1, 0.15) is 11.8 Å². The van der Waals surface area contributed by atoms with Gasteiger partial charge < -0.3 is 15.0 Å². The lowest BCUT2D eigenvalue weighted by Gasteiger charge is -2.21. The van der Waals surface area contributed by atoms with Gasteiger partial charge in [-0.05, 0) is 38.3 Å². The Hall–Kier alpha value is -1.75. The van der Waals surface area contributed by atoms with Crippen LogP contribution in [0.3, 0.4) is 0 Å². The lowest BCUT2D eigenvalue weighted by molar-refractivity contribution is -0.135. The van der Waals surface area contributed by atoms with Gasteiger partial charge >= 0.3 is 0 Å². The highest BCUT2D eigenvalue weighted by molar-refractivity contribution is 6.32. The molecule has 1 saturated heterocycles. The molecule has 1 atom stereocenters. The zero-order valence-corrected chi connectivity index (χ0v) is 14.1. The summed E-state index contributed by atoms with van der Waals surface area (Å²) in [5.41, 5.74) is 0. The molecular formula is C17H23ClN2O3. The molecule has 0 spiro atoms. The van der Waals surface area contributed by atoms with Crippen molar-refractivity contribution in [3.63, 3.8) is 0 Å². The molecule has 0 bridgehead atoms. The van der Waals surface area contributed by atoms with Crippen LogP contribution in [0.5, 0.6) is 5.75 Å². The van der Waals surface area contributed by atoms with Crippen molar-refractivity contribution in [1.82, 2.24) is 10.2 Å². The normalized spacial score (nSPS) is 15.3. The number of rotatable bonds is 7. The summed E-state index contributed by atoms with van der Waals surface area (Å²) in [4.78, 5) is 25.8. The second-order valence-electron chi connectivity index (χ2n) is 5.70. The van der Waals surface area contributed by atoms with Gasteiger partial charge in [-0.3, -0.25) is 9.59 Å². The number of nitrogens with zero attached hydrogens (tertiary/aromatic N) is 1. The summed E-state index contributed by atoms with van der Waals surface area (Å²) in [7, 11) is 0. The van der Waals surface area contributed by atoms with Gasteiger partial charge in [-0.2, -0.15) is 0 Å². The van der Waals surface area contributed by atoms with Gasteiger partial charge in [0.15, 0.2) is 0 Å². The van der Waals surface area contributed by atoms with Gasteiger partial charge in [0, 0.05) is 19.5 Å². The molecule has 1 unspecified atom stereocenters. The zero-order valence-electron chi connectivity index (χ0n) is 13.4. The average Bonchev–Trinajstić information content (AvgIpc) is 3.06. The first kappa shape index (κ1) is 17.6. The number of benzene rings is 1. The van der Waals surface area contributed by atoms with Crippen molar-refractivity contribution in [3.8, 4) is 5.75 Å². The first-order valence-electron chi connectivity index (χ1n) is 8.03. The standard InChI is InChI=1S/C17H23ClN2O3/c1-13(17(22)20-10-4-5-11-20)19-16(21)9-6-12-23-15-8-3-2-7-14(15)18/h2-3,7-8,13H,4-6,9-12H2,1H3,(H,19,21). The van der Waals surface area contributed by atoms with E-state index in [2.05, 4.69) is 5.32 Å². The molecule has 1 aromatic carbocycles. The van der Waals surface area contributed by atoms with E-state index in [0.29, 0.717) is 30.2 Å². The molecular weight excluding hydrogens is 316 g/mol. The van der Waals surface area contributed by atoms with Crippen molar-refractivity contribution in [2.24, 2.45) is 0 Å². The second-order valence-corrected chi connectivity index (χ2v) is 6.11. The fourth-order valence-corrected chi connectivity index (χ4v) is 2.75. The van der Waals surface area contributed by atoms with Crippen LogP contribution in [0.4, 0.5) is 0 Å². The van der Waals surface area contributed by atoms with Crippen LogP contribution in [-0.4, -0.2) is 42.5 Å². The van der Waals surface area contributed by atoms with Gasteiger partial charge in [-0.15, -0.1) is 0 Å². The second kappa shape index (κ2) is 8.77. The Morgan fingerprint density at radius 3 is 2.70 bits per heavy atom. The van der Waals surface area contributed by atoms with E-state index >= 15 is 0 Å². The Kier molecular flexibility index (Phi) is 6.71. The molecule has 1 heterocycles. The topological polar surface area (TPSA) is 58.6 Å². The van der Waals surface area contributed by atoms with Crippen LogP contribution in [0, 0.1) is 0 Å². The molecule has 0 aliphatic carbocycles. The Bertz CT molecular complexity index is 544. The molecule has 23 heavy (non-hydrogen) atoms. The number of halogens is 1. The molecule has 1 aromatic rings. The number of hydrogen-bond acceptors (Lipinski definition) is 3. The first-order valence-corrected chi connectivity index (χ1v) is 8.41. The summed E-state index contributed by atoms with van der Waals surface area (Å²) >= 11 is 5.99. The highest BCUT2D eigenvalue weighted by Crippen LogP contribution is 2.23. The van der Waals surface area contributed by atoms with E-state index in [4.69, 9.17) is 16.3 Å². The summed E-state index contributed by atoms with van der Waals surface area (Å²) in [5, 5.41) is 3.31. The largest absolute Gasteiger partial charge is 0.492 e. The Labute approximate surface area is 141 Å². The Balaban J connectivity index is 1.64. The maximum atomic E-state index is 12.1. The zero-order chi connectivity index (χ0) is 16.7. The number of ether oxygens (including phenoxy) is 1. The average molecular weight is 339 g/mol. The molecule has 2 amide bonds. The van der Waals surface area contributed by atoms with E-state index < -0.39 is 6.04 Å². The number of carbonyl (C=O) groups excluding carboxylic acids is 2. The quantitative estimate of drug-likeness (QED) is 0.777. The fourth-order valence-electron chi connectivity index (χ4n) is 2.56.